The van der Waals surface area contributed by atoms with E-state index in [1.54, 1.807) is 0 Å². The van der Waals surface area contributed by atoms with Gasteiger partial charge in [-0.2, -0.15) is 0 Å². The predicted octanol–water partition coefficient (Wildman–Crippen LogP) is 3.92. The van der Waals surface area contributed by atoms with Crippen molar-refractivity contribution in [2.45, 2.75) is 40.0 Å². The number of thiazole rings is 1. The van der Waals surface area contributed by atoms with Crippen LogP contribution < -0.4 is 10.9 Å². The Bertz CT molecular complexity index is 1010. The summed E-state index contributed by atoms with van der Waals surface area (Å²) in [6.45, 7) is 10.2. The molecule has 1 aromatic carbocycles. The van der Waals surface area contributed by atoms with E-state index in [1.165, 1.54) is 27.5 Å². The summed E-state index contributed by atoms with van der Waals surface area (Å²) in [4.78, 5) is 31.0. The minimum Gasteiger partial charge on any atom is -0.322 e. The lowest BCUT2D eigenvalue weighted by atomic mass is 9.87. The molecular formula is C19H21N3O2S. The molecule has 130 valence electrons. The summed E-state index contributed by atoms with van der Waals surface area (Å²) in [6.07, 6.45) is 1.35. The average molecular weight is 355 g/mol. The van der Waals surface area contributed by atoms with Crippen LogP contribution in [0.2, 0.25) is 0 Å². The number of fused-ring (bicyclic) bond motifs is 1. The van der Waals surface area contributed by atoms with Crippen LogP contribution in [0.15, 0.2) is 35.3 Å². The molecule has 2 aromatic heterocycles. The van der Waals surface area contributed by atoms with E-state index in [0.29, 0.717) is 10.6 Å². The van der Waals surface area contributed by atoms with Gasteiger partial charge >= 0.3 is 0 Å². The van der Waals surface area contributed by atoms with Gasteiger partial charge < -0.3 is 5.32 Å². The Morgan fingerprint density at radius 3 is 2.40 bits per heavy atom. The highest BCUT2D eigenvalue weighted by molar-refractivity contribution is 7.17. The van der Waals surface area contributed by atoms with Crippen LogP contribution in [0.1, 0.15) is 47.3 Å². The van der Waals surface area contributed by atoms with Crippen molar-refractivity contribution in [1.29, 1.82) is 0 Å². The van der Waals surface area contributed by atoms with Crippen LogP contribution >= 0.6 is 11.3 Å². The fraction of sp³-hybridized carbons (Fsp3) is 0.316. The van der Waals surface area contributed by atoms with Crippen LogP contribution in [0.25, 0.3) is 4.96 Å². The smallest absolute Gasteiger partial charge is 0.271 e. The Labute approximate surface area is 150 Å². The molecule has 0 radical (unpaired) electrons. The number of aromatic nitrogens is 2. The monoisotopic (exact) mass is 355 g/mol. The van der Waals surface area contributed by atoms with Gasteiger partial charge in [0.05, 0.1) is 0 Å². The summed E-state index contributed by atoms with van der Waals surface area (Å²) in [5, 5.41) is 2.78. The van der Waals surface area contributed by atoms with Gasteiger partial charge in [-0.3, -0.25) is 14.0 Å². The number of aryl methyl sites for hydroxylation is 2. The highest BCUT2D eigenvalue weighted by atomic mass is 32.1. The first-order valence-corrected chi connectivity index (χ1v) is 8.90. The first-order chi connectivity index (χ1) is 11.7. The van der Waals surface area contributed by atoms with Crippen molar-refractivity contribution in [2.24, 2.45) is 0 Å². The summed E-state index contributed by atoms with van der Waals surface area (Å²) in [6, 6.07) is 7.66. The molecule has 1 amide bonds. The van der Waals surface area contributed by atoms with Gasteiger partial charge in [-0.15, -0.1) is 11.3 Å². The van der Waals surface area contributed by atoms with E-state index < -0.39 is 5.91 Å². The lowest BCUT2D eigenvalue weighted by Gasteiger charge is -2.19. The highest BCUT2D eigenvalue weighted by Crippen LogP contribution is 2.23. The lowest BCUT2D eigenvalue weighted by molar-refractivity contribution is 0.102. The molecule has 0 saturated carbocycles. The second-order valence-electron chi connectivity index (χ2n) is 7.12. The molecule has 0 spiro atoms. The van der Waals surface area contributed by atoms with Crippen molar-refractivity contribution in [3.05, 3.63) is 62.5 Å². The number of carbonyl (C=O) groups is 1. The lowest BCUT2D eigenvalue weighted by Crippen LogP contribution is -2.26. The molecule has 2 heterocycles. The minimum atomic E-state index is -0.446. The van der Waals surface area contributed by atoms with Crippen molar-refractivity contribution in [1.82, 2.24) is 9.38 Å². The van der Waals surface area contributed by atoms with E-state index in [9.17, 15) is 9.59 Å². The van der Waals surface area contributed by atoms with Crippen LogP contribution in [0, 0.1) is 13.8 Å². The molecule has 0 aliphatic rings. The third kappa shape index (κ3) is 3.22. The zero-order valence-electron chi connectivity index (χ0n) is 15.0. The third-order valence-electron chi connectivity index (χ3n) is 4.27. The Morgan fingerprint density at radius 2 is 1.80 bits per heavy atom. The Balaban J connectivity index is 1.91. The topological polar surface area (TPSA) is 63.5 Å². The zero-order valence-corrected chi connectivity index (χ0v) is 15.8. The Morgan fingerprint density at radius 1 is 1.16 bits per heavy atom. The van der Waals surface area contributed by atoms with E-state index in [0.717, 1.165) is 10.6 Å². The number of rotatable bonds is 2. The van der Waals surface area contributed by atoms with Gasteiger partial charge in [0.15, 0.2) is 4.96 Å². The number of anilines is 1. The summed E-state index contributed by atoms with van der Waals surface area (Å²) in [5.41, 5.74) is 2.40. The number of carbonyl (C=O) groups excluding carboxylic acids is 1. The molecule has 0 bridgehead atoms. The molecule has 3 aromatic rings. The van der Waals surface area contributed by atoms with Crippen molar-refractivity contribution >= 4 is 27.9 Å². The predicted molar refractivity (Wildman–Crippen MR) is 102 cm³/mol. The second-order valence-corrected chi connectivity index (χ2v) is 8.30. The van der Waals surface area contributed by atoms with Crippen LogP contribution in [0.4, 0.5) is 5.69 Å². The van der Waals surface area contributed by atoms with E-state index >= 15 is 0 Å². The Hall–Kier alpha value is -2.47. The van der Waals surface area contributed by atoms with E-state index in [4.69, 9.17) is 0 Å². The van der Waals surface area contributed by atoms with Gasteiger partial charge in [0.2, 0.25) is 0 Å². The minimum absolute atomic E-state index is 0.0401. The first-order valence-electron chi connectivity index (χ1n) is 8.08. The highest BCUT2D eigenvalue weighted by Gasteiger charge is 2.17. The third-order valence-corrected chi connectivity index (χ3v) is 5.34. The second kappa shape index (κ2) is 6.11. The molecule has 25 heavy (non-hydrogen) atoms. The largest absolute Gasteiger partial charge is 0.322 e. The normalized spacial score (nSPS) is 11.7. The standard InChI is InChI=1S/C19H21N3O2S/c1-11-12(2)25-18-20-10-15(17(24)22(11)18)16(23)21-14-8-6-13(7-9-14)19(3,4)5/h6-10H,1-5H3,(H,21,23). The first kappa shape index (κ1) is 17.4. The van der Waals surface area contributed by atoms with Crippen molar-refractivity contribution in [2.75, 3.05) is 5.32 Å². The molecule has 3 rings (SSSR count). The van der Waals surface area contributed by atoms with Crippen molar-refractivity contribution in [3.8, 4) is 0 Å². The van der Waals surface area contributed by atoms with Crippen LogP contribution in [-0.4, -0.2) is 15.3 Å². The molecule has 5 nitrogen and oxygen atoms in total. The van der Waals surface area contributed by atoms with Gasteiger partial charge in [-0.1, -0.05) is 32.9 Å². The summed E-state index contributed by atoms with van der Waals surface area (Å²) < 4.78 is 1.50. The Kier molecular flexibility index (Phi) is 4.24. The quantitative estimate of drug-likeness (QED) is 0.758. The molecule has 6 heteroatoms. The zero-order chi connectivity index (χ0) is 18.4. The fourth-order valence-electron chi connectivity index (χ4n) is 2.58. The fourth-order valence-corrected chi connectivity index (χ4v) is 3.51. The van der Waals surface area contributed by atoms with Gasteiger partial charge in [-0.25, -0.2) is 4.98 Å². The van der Waals surface area contributed by atoms with E-state index in [-0.39, 0.29) is 16.5 Å². The van der Waals surface area contributed by atoms with Crippen molar-refractivity contribution < 1.29 is 4.79 Å². The summed E-state index contributed by atoms with van der Waals surface area (Å²) in [7, 11) is 0. The number of hydrogen-bond acceptors (Lipinski definition) is 4. The van der Waals surface area contributed by atoms with Gasteiger partial charge in [-0.05, 0) is 37.0 Å². The summed E-state index contributed by atoms with van der Waals surface area (Å²) in [5.74, 6) is -0.446. The number of benzene rings is 1. The van der Waals surface area contributed by atoms with Crippen LogP contribution in [0.5, 0.6) is 0 Å². The molecule has 0 unspecified atom stereocenters. The summed E-state index contributed by atoms with van der Waals surface area (Å²) >= 11 is 1.44. The van der Waals surface area contributed by atoms with E-state index in [2.05, 4.69) is 31.1 Å². The van der Waals surface area contributed by atoms with Crippen molar-refractivity contribution in [3.63, 3.8) is 0 Å². The molecule has 0 fully saturated rings. The molecular weight excluding hydrogens is 334 g/mol. The molecule has 0 saturated heterocycles. The van der Waals surface area contributed by atoms with Crippen LogP contribution in [-0.2, 0) is 5.41 Å². The number of nitrogens with zero attached hydrogens (tertiary/aromatic N) is 2. The van der Waals surface area contributed by atoms with Gasteiger partial charge in [0.1, 0.15) is 5.56 Å². The molecule has 0 atom stereocenters. The van der Waals surface area contributed by atoms with E-state index in [1.807, 2.05) is 38.1 Å². The number of amides is 1. The maximum absolute atomic E-state index is 12.6. The average Bonchev–Trinajstić information content (AvgIpc) is 2.82. The van der Waals surface area contributed by atoms with Crippen LogP contribution in [0.3, 0.4) is 0 Å². The molecule has 0 aliphatic heterocycles. The number of nitrogens with one attached hydrogen (secondary N) is 1. The SMILES string of the molecule is Cc1sc2ncc(C(=O)Nc3ccc(C(C)(C)C)cc3)c(=O)n2c1C. The maximum Gasteiger partial charge on any atom is 0.271 e. The molecule has 1 N–H and O–H groups in total. The number of hydrogen-bond donors (Lipinski definition) is 1. The maximum atomic E-state index is 12.6. The van der Waals surface area contributed by atoms with Gasteiger partial charge in [0.25, 0.3) is 11.5 Å². The molecule has 0 aliphatic carbocycles. The van der Waals surface area contributed by atoms with Gasteiger partial charge in [0, 0.05) is 22.5 Å².